The molecule has 0 spiro atoms. The highest BCUT2D eigenvalue weighted by molar-refractivity contribution is 9.11. The van der Waals surface area contributed by atoms with E-state index in [1.807, 2.05) is 18.4 Å². The van der Waals surface area contributed by atoms with Gasteiger partial charge in [0.15, 0.2) is 6.61 Å². The van der Waals surface area contributed by atoms with Crippen LogP contribution in [0.2, 0.25) is 0 Å². The fourth-order valence-corrected chi connectivity index (χ4v) is 3.64. The maximum absolute atomic E-state index is 12.0. The number of carbonyl (C=O) groups excluding carboxylic acids is 2. The molecule has 0 unspecified atom stereocenters. The maximum Gasteiger partial charge on any atom is 0.342 e. The summed E-state index contributed by atoms with van der Waals surface area (Å²) in [4.78, 5) is 24.9. The monoisotopic (exact) mass is 473 g/mol. The molecule has 0 aliphatic heterocycles. The predicted molar refractivity (Wildman–Crippen MR) is 101 cm³/mol. The summed E-state index contributed by atoms with van der Waals surface area (Å²) in [5, 5.41) is 12.6. The number of aromatic hydroxyl groups is 1. The summed E-state index contributed by atoms with van der Waals surface area (Å²) in [5.41, 5.74) is 0.618. The molecule has 126 valence electrons. The Morgan fingerprint density at radius 3 is 2.67 bits per heavy atom. The molecule has 0 aliphatic carbocycles. The van der Waals surface area contributed by atoms with Crippen molar-refractivity contribution in [3.8, 4) is 5.75 Å². The number of rotatable bonds is 5. The molecule has 5 nitrogen and oxygen atoms in total. The molecule has 0 aromatic heterocycles. The van der Waals surface area contributed by atoms with Crippen LogP contribution < -0.4 is 5.32 Å². The van der Waals surface area contributed by atoms with Gasteiger partial charge in [0.25, 0.3) is 5.91 Å². The molecular weight excluding hydrogens is 462 g/mol. The van der Waals surface area contributed by atoms with Crippen LogP contribution in [0.25, 0.3) is 0 Å². The van der Waals surface area contributed by atoms with Crippen LogP contribution >= 0.6 is 43.6 Å². The van der Waals surface area contributed by atoms with E-state index in [9.17, 15) is 14.7 Å². The summed E-state index contributed by atoms with van der Waals surface area (Å²) in [6, 6.07) is 10.3. The fourth-order valence-electron chi connectivity index (χ4n) is 1.86. The third-order valence-corrected chi connectivity index (χ3v) is 4.82. The molecule has 2 rings (SSSR count). The van der Waals surface area contributed by atoms with E-state index < -0.39 is 18.5 Å². The quantitative estimate of drug-likeness (QED) is 0.495. The van der Waals surface area contributed by atoms with Crippen molar-refractivity contribution in [3.63, 3.8) is 0 Å². The molecular formula is C16H13Br2NO4S. The van der Waals surface area contributed by atoms with Crippen LogP contribution in [0.1, 0.15) is 10.4 Å². The van der Waals surface area contributed by atoms with Gasteiger partial charge in [-0.2, -0.15) is 0 Å². The number of hydrogen-bond acceptors (Lipinski definition) is 5. The zero-order valence-electron chi connectivity index (χ0n) is 12.5. The van der Waals surface area contributed by atoms with E-state index in [4.69, 9.17) is 4.74 Å². The minimum Gasteiger partial charge on any atom is -0.506 e. The Balaban J connectivity index is 2.00. The van der Waals surface area contributed by atoms with Gasteiger partial charge in [-0.25, -0.2) is 4.79 Å². The van der Waals surface area contributed by atoms with Gasteiger partial charge in [-0.1, -0.05) is 28.1 Å². The molecule has 0 aliphatic rings. The van der Waals surface area contributed by atoms with E-state index in [-0.39, 0.29) is 11.3 Å². The van der Waals surface area contributed by atoms with Crippen molar-refractivity contribution in [1.82, 2.24) is 0 Å². The van der Waals surface area contributed by atoms with E-state index in [2.05, 4.69) is 37.2 Å². The lowest BCUT2D eigenvalue weighted by Crippen LogP contribution is -2.21. The van der Waals surface area contributed by atoms with Gasteiger partial charge in [0.05, 0.1) is 10.2 Å². The predicted octanol–water partition coefficient (Wildman–Crippen LogP) is 4.43. The first-order valence-corrected chi connectivity index (χ1v) is 9.51. The number of thioether (sulfide) groups is 1. The number of nitrogens with one attached hydrogen (secondary N) is 1. The first-order valence-electron chi connectivity index (χ1n) is 6.70. The number of halogens is 2. The molecule has 0 bridgehead atoms. The molecule has 0 saturated carbocycles. The molecule has 0 radical (unpaired) electrons. The van der Waals surface area contributed by atoms with Crippen LogP contribution in [0.3, 0.4) is 0 Å². The van der Waals surface area contributed by atoms with Gasteiger partial charge in [0.2, 0.25) is 0 Å². The Morgan fingerprint density at radius 1 is 1.25 bits per heavy atom. The van der Waals surface area contributed by atoms with Crippen LogP contribution in [0.15, 0.2) is 50.2 Å². The largest absolute Gasteiger partial charge is 0.506 e. The maximum atomic E-state index is 12.0. The molecule has 24 heavy (non-hydrogen) atoms. The second-order valence-corrected chi connectivity index (χ2v) is 7.23. The van der Waals surface area contributed by atoms with Gasteiger partial charge in [-0.05, 0) is 46.5 Å². The molecule has 2 aromatic carbocycles. The third-order valence-electron chi connectivity index (χ3n) is 2.96. The number of phenols is 1. The van der Waals surface area contributed by atoms with Gasteiger partial charge in [-0.3, -0.25) is 4.79 Å². The number of amides is 1. The number of hydrogen-bond donors (Lipinski definition) is 2. The first-order chi connectivity index (χ1) is 11.4. The molecule has 0 atom stereocenters. The van der Waals surface area contributed by atoms with Gasteiger partial charge in [0.1, 0.15) is 11.3 Å². The third kappa shape index (κ3) is 4.75. The van der Waals surface area contributed by atoms with Gasteiger partial charge in [-0.15, -0.1) is 11.8 Å². The summed E-state index contributed by atoms with van der Waals surface area (Å²) < 4.78 is 5.91. The molecule has 0 heterocycles. The lowest BCUT2D eigenvalue weighted by atomic mass is 10.2. The molecule has 8 heteroatoms. The molecule has 1 amide bonds. The average molecular weight is 475 g/mol. The van der Waals surface area contributed by atoms with Crippen molar-refractivity contribution in [3.05, 3.63) is 50.9 Å². The number of phenolic OH excluding ortho intramolecular Hbond substituents is 1. The van der Waals surface area contributed by atoms with Crippen molar-refractivity contribution in [2.75, 3.05) is 18.2 Å². The molecule has 2 aromatic rings. The molecule has 0 fully saturated rings. The van der Waals surface area contributed by atoms with E-state index in [1.54, 1.807) is 18.2 Å². The van der Waals surface area contributed by atoms with E-state index in [0.29, 0.717) is 14.6 Å². The number of esters is 1. The van der Waals surface area contributed by atoms with Gasteiger partial charge >= 0.3 is 5.97 Å². The Labute approximate surface area is 160 Å². The second-order valence-electron chi connectivity index (χ2n) is 4.61. The van der Waals surface area contributed by atoms with Crippen molar-refractivity contribution >= 4 is 61.2 Å². The fraction of sp³-hybridized carbons (Fsp3) is 0.125. The minimum absolute atomic E-state index is 0.0337. The number of benzene rings is 2. The van der Waals surface area contributed by atoms with E-state index in [1.165, 1.54) is 17.8 Å². The highest BCUT2D eigenvalue weighted by atomic mass is 79.9. The second kappa shape index (κ2) is 8.55. The van der Waals surface area contributed by atoms with Crippen LogP contribution in [-0.2, 0) is 9.53 Å². The van der Waals surface area contributed by atoms with Crippen LogP contribution in [0.4, 0.5) is 5.69 Å². The van der Waals surface area contributed by atoms with E-state index >= 15 is 0 Å². The van der Waals surface area contributed by atoms with E-state index in [0.717, 1.165) is 4.90 Å². The zero-order valence-corrected chi connectivity index (χ0v) is 16.5. The topological polar surface area (TPSA) is 75.6 Å². The van der Waals surface area contributed by atoms with Gasteiger partial charge < -0.3 is 15.2 Å². The Kier molecular flexibility index (Phi) is 6.70. The zero-order chi connectivity index (χ0) is 17.7. The lowest BCUT2D eigenvalue weighted by molar-refractivity contribution is -0.119. The van der Waals surface area contributed by atoms with Crippen LogP contribution in [0, 0.1) is 0 Å². The van der Waals surface area contributed by atoms with Crippen molar-refractivity contribution in [2.45, 2.75) is 4.90 Å². The van der Waals surface area contributed by atoms with Crippen molar-refractivity contribution in [2.24, 2.45) is 0 Å². The van der Waals surface area contributed by atoms with Crippen LogP contribution in [-0.4, -0.2) is 29.8 Å². The summed E-state index contributed by atoms with van der Waals surface area (Å²) >= 11 is 7.86. The smallest absolute Gasteiger partial charge is 0.342 e. The van der Waals surface area contributed by atoms with Crippen molar-refractivity contribution in [1.29, 1.82) is 0 Å². The summed E-state index contributed by atoms with van der Waals surface area (Å²) in [5.74, 6) is -1.49. The normalized spacial score (nSPS) is 10.3. The number of ether oxygens (including phenoxy) is 1. The number of carbonyl (C=O) groups is 2. The highest BCUT2D eigenvalue weighted by Gasteiger charge is 2.18. The number of para-hydroxylation sites is 1. The first kappa shape index (κ1) is 18.8. The average Bonchev–Trinajstić information content (AvgIpc) is 2.56. The lowest BCUT2D eigenvalue weighted by Gasteiger charge is -2.10. The summed E-state index contributed by atoms with van der Waals surface area (Å²) in [6.07, 6.45) is 1.90. The minimum atomic E-state index is -0.789. The Bertz CT molecular complexity index is 783. The molecule has 2 N–H and O–H groups in total. The SMILES string of the molecule is CSc1ccccc1NC(=O)COC(=O)c1cc(Br)cc(Br)c1O. The van der Waals surface area contributed by atoms with Crippen molar-refractivity contribution < 1.29 is 19.4 Å². The number of anilines is 1. The standard InChI is InChI=1S/C16H13Br2NO4S/c1-24-13-5-3-2-4-12(13)19-14(20)8-23-16(22)10-6-9(17)7-11(18)15(10)21/h2-7,21H,8H2,1H3,(H,19,20). The van der Waals surface area contributed by atoms with Gasteiger partial charge in [0, 0.05) is 9.37 Å². The highest BCUT2D eigenvalue weighted by Crippen LogP contribution is 2.32. The Hall–Kier alpha value is -1.51. The summed E-state index contributed by atoms with van der Waals surface area (Å²) in [7, 11) is 0. The van der Waals surface area contributed by atoms with Crippen LogP contribution in [0.5, 0.6) is 5.75 Å². The summed E-state index contributed by atoms with van der Waals surface area (Å²) in [6.45, 7) is -0.453. The molecule has 0 saturated heterocycles. The Morgan fingerprint density at radius 2 is 1.96 bits per heavy atom.